The van der Waals surface area contributed by atoms with Crippen molar-refractivity contribution in [2.75, 3.05) is 25.1 Å². The second-order valence-electron chi connectivity index (χ2n) is 3.64. The van der Waals surface area contributed by atoms with Crippen molar-refractivity contribution in [2.45, 2.75) is 31.7 Å². The fourth-order valence-corrected chi connectivity index (χ4v) is 2.69. The Balaban J connectivity index is 1.94. The van der Waals surface area contributed by atoms with E-state index in [0.717, 1.165) is 13.0 Å². The summed E-state index contributed by atoms with van der Waals surface area (Å²) in [5.74, 6) is 2.70. The standard InChI is InChI=1S/C10H20N2OS/c1-11-10(13)5-2-6-12-9-4-3-7-14-8-9/h9,12H,2-8H2,1H3,(H,11,13). The van der Waals surface area contributed by atoms with Crippen LogP contribution >= 0.6 is 11.8 Å². The fourth-order valence-electron chi connectivity index (χ4n) is 1.58. The molecule has 0 aliphatic carbocycles. The van der Waals surface area contributed by atoms with Gasteiger partial charge in [-0.25, -0.2) is 0 Å². The zero-order valence-electron chi connectivity index (χ0n) is 8.84. The molecule has 1 unspecified atom stereocenters. The van der Waals surface area contributed by atoms with Gasteiger partial charge in [0.05, 0.1) is 0 Å². The smallest absolute Gasteiger partial charge is 0.219 e. The van der Waals surface area contributed by atoms with Gasteiger partial charge in [0.2, 0.25) is 5.91 Å². The number of hydrogen-bond acceptors (Lipinski definition) is 3. The number of thioether (sulfide) groups is 1. The van der Waals surface area contributed by atoms with Crippen LogP contribution in [0.5, 0.6) is 0 Å². The first-order valence-electron chi connectivity index (χ1n) is 5.34. The lowest BCUT2D eigenvalue weighted by Gasteiger charge is -2.22. The van der Waals surface area contributed by atoms with Gasteiger partial charge in [-0.05, 0) is 31.6 Å². The van der Waals surface area contributed by atoms with Crippen molar-refractivity contribution in [1.82, 2.24) is 10.6 Å². The highest BCUT2D eigenvalue weighted by Crippen LogP contribution is 2.16. The van der Waals surface area contributed by atoms with Gasteiger partial charge >= 0.3 is 0 Å². The zero-order valence-corrected chi connectivity index (χ0v) is 9.66. The summed E-state index contributed by atoms with van der Waals surface area (Å²) < 4.78 is 0. The van der Waals surface area contributed by atoms with Gasteiger partial charge in [0.1, 0.15) is 0 Å². The Labute approximate surface area is 90.4 Å². The summed E-state index contributed by atoms with van der Waals surface area (Å²) in [5.41, 5.74) is 0. The van der Waals surface area contributed by atoms with Crippen molar-refractivity contribution in [2.24, 2.45) is 0 Å². The number of hydrogen-bond donors (Lipinski definition) is 2. The first kappa shape index (κ1) is 11.9. The molecule has 1 heterocycles. The lowest BCUT2D eigenvalue weighted by molar-refractivity contribution is -0.120. The predicted molar refractivity (Wildman–Crippen MR) is 61.7 cm³/mol. The predicted octanol–water partition coefficient (Wildman–Crippen LogP) is 0.998. The van der Waals surface area contributed by atoms with Crippen LogP contribution in [0, 0.1) is 0 Å². The summed E-state index contributed by atoms with van der Waals surface area (Å²) in [6, 6.07) is 0.679. The van der Waals surface area contributed by atoms with Crippen molar-refractivity contribution < 1.29 is 4.79 Å². The van der Waals surface area contributed by atoms with E-state index in [1.807, 2.05) is 11.8 Å². The average Bonchev–Trinajstić information content (AvgIpc) is 2.25. The van der Waals surface area contributed by atoms with Gasteiger partial charge in [-0.2, -0.15) is 11.8 Å². The van der Waals surface area contributed by atoms with Crippen molar-refractivity contribution in [3.63, 3.8) is 0 Å². The molecule has 1 rings (SSSR count). The number of carbonyl (C=O) groups is 1. The quantitative estimate of drug-likeness (QED) is 0.674. The minimum absolute atomic E-state index is 0.143. The van der Waals surface area contributed by atoms with Gasteiger partial charge in [0.25, 0.3) is 0 Å². The third-order valence-electron chi connectivity index (χ3n) is 2.45. The fraction of sp³-hybridized carbons (Fsp3) is 0.900. The second-order valence-corrected chi connectivity index (χ2v) is 4.79. The third-order valence-corrected chi connectivity index (χ3v) is 3.67. The SMILES string of the molecule is CNC(=O)CCCNC1CCCSC1. The minimum Gasteiger partial charge on any atom is -0.359 e. The molecule has 14 heavy (non-hydrogen) atoms. The molecule has 2 N–H and O–H groups in total. The molecule has 82 valence electrons. The molecule has 0 bridgehead atoms. The van der Waals surface area contributed by atoms with Crippen LogP contribution in [0.25, 0.3) is 0 Å². The van der Waals surface area contributed by atoms with Crippen LogP contribution in [0.1, 0.15) is 25.7 Å². The van der Waals surface area contributed by atoms with Gasteiger partial charge in [0.15, 0.2) is 0 Å². The Bertz CT molecular complexity index is 170. The maximum absolute atomic E-state index is 10.9. The molecule has 0 aromatic carbocycles. The first-order chi connectivity index (χ1) is 6.83. The summed E-state index contributed by atoms with van der Waals surface area (Å²) in [7, 11) is 1.69. The van der Waals surface area contributed by atoms with Crippen LogP contribution in [-0.4, -0.2) is 37.0 Å². The van der Waals surface area contributed by atoms with Crippen LogP contribution in [0.4, 0.5) is 0 Å². The van der Waals surface area contributed by atoms with Gasteiger partial charge in [-0.1, -0.05) is 0 Å². The Morgan fingerprint density at radius 2 is 2.43 bits per heavy atom. The molecule has 0 spiro atoms. The summed E-state index contributed by atoms with van der Waals surface area (Å²) in [6.45, 7) is 0.971. The first-order valence-corrected chi connectivity index (χ1v) is 6.50. The van der Waals surface area contributed by atoms with E-state index in [4.69, 9.17) is 0 Å². The van der Waals surface area contributed by atoms with E-state index in [2.05, 4.69) is 10.6 Å². The maximum atomic E-state index is 10.9. The molecule has 3 nitrogen and oxygen atoms in total. The molecule has 1 amide bonds. The largest absolute Gasteiger partial charge is 0.359 e. The van der Waals surface area contributed by atoms with Crippen LogP contribution in [-0.2, 0) is 4.79 Å². The summed E-state index contributed by atoms with van der Waals surface area (Å²) in [5, 5.41) is 6.13. The highest BCUT2D eigenvalue weighted by molar-refractivity contribution is 7.99. The molecular formula is C10H20N2OS. The summed E-state index contributed by atoms with van der Waals surface area (Å²) in [6.07, 6.45) is 4.22. The zero-order chi connectivity index (χ0) is 10.2. The van der Waals surface area contributed by atoms with E-state index < -0.39 is 0 Å². The van der Waals surface area contributed by atoms with Crippen LogP contribution in [0.15, 0.2) is 0 Å². The molecule has 1 atom stereocenters. The molecule has 4 heteroatoms. The van der Waals surface area contributed by atoms with Crippen molar-refractivity contribution in [3.05, 3.63) is 0 Å². The van der Waals surface area contributed by atoms with Crippen LogP contribution in [0.2, 0.25) is 0 Å². The third kappa shape index (κ3) is 4.86. The van der Waals surface area contributed by atoms with Crippen molar-refractivity contribution >= 4 is 17.7 Å². The molecule has 1 aliphatic rings. The molecule has 1 aliphatic heterocycles. The number of rotatable bonds is 5. The molecule has 0 radical (unpaired) electrons. The van der Waals surface area contributed by atoms with Gasteiger partial charge in [-0.15, -0.1) is 0 Å². The highest BCUT2D eigenvalue weighted by atomic mass is 32.2. The van der Waals surface area contributed by atoms with Crippen LogP contribution in [0.3, 0.4) is 0 Å². The molecular weight excluding hydrogens is 196 g/mol. The monoisotopic (exact) mass is 216 g/mol. The Morgan fingerprint density at radius 1 is 1.57 bits per heavy atom. The molecule has 1 fully saturated rings. The van der Waals surface area contributed by atoms with E-state index in [-0.39, 0.29) is 5.91 Å². The number of carbonyl (C=O) groups excluding carboxylic acids is 1. The average molecular weight is 216 g/mol. The van der Waals surface area contributed by atoms with E-state index in [0.29, 0.717) is 12.5 Å². The number of nitrogens with one attached hydrogen (secondary N) is 2. The minimum atomic E-state index is 0.143. The van der Waals surface area contributed by atoms with Crippen molar-refractivity contribution in [1.29, 1.82) is 0 Å². The maximum Gasteiger partial charge on any atom is 0.219 e. The van der Waals surface area contributed by atoms with Gasteiger partial charge in [0, 0.05) is 25.3 Å². The molecule has 0 aromatic heterocycles. The van der Waals surface area contributed by atoms with E-state index >= 15 is 0 Å². The molecule has 0 aromatic rings. The summed E-state index contributed by atoms with van der Waals surface area (Å²) >= 11 is 2.03. The molecule has 0 saturated carbocycles. The van der Waals surface area contributed by atoms with E-state index in [1.54, 1.807) is 7.05 Å². The van der Waals surface area contributed by atoms with Crippen LogP contribution < -0.4 is 10.6 Å². The summed E-state index contributed by atoms with van der Waals surface area (Å²) in [4.78, 5) is 10.9. The van der Waals surface area contributed by atoms with E-state index in [1.165, 1.54) is 24.3 Å². The van der Waals surface area contributed by atoms with Gasteiger partial charge < -0.3 is 10.6 Å². The Morgan fingerprint density at radius 3 is 3.07 bits per heavy atom. The van der Waals surface area contributed by atoms with E-state index in [9.17, 15) is 4.79 Å². The highest BCUT2D eigenvalue weighted by Gasteiger charge is 2.12. The lowest BCUT2D eigenvalue weighted by atomic mass is 10.2. The second kappa shape index (κ2) is 7.12. The topological polar surface area (TPSA) is 41.1 Å². The Hall–Kier alpha value is -0.220. The van der Waals surface area contributed by atoms with Gasteiger partial charge in [-0.3, -0.25) is 4.79 Å². The lowest BCUT2D eigenvalue weighted by Crippen LogP contribution is -2.34. The number of amides is 1. The Kier molecular flexibility index (Phi) is 6.03. The van der Waals surface area contributed by atoms with Crippen molar-refractivity contribution in [3.8, 4) is 0 Å². The normalized spacial score (nSPS) is 21.9. The molecule has 1 saturated heterocycles.